The minimum absolute atomic E-state index is 0.140. The maximum absolute atomic E-state index is 11.7. The molecule has 0 bridgehead atoms. The molecule has 0 fully saturated rings. The summed E-state index contributed by atoms with van der Waals surface area (Å²) in [6, 6.07) is 1.68. The average Bonchev–Trinajstić information content (AvgIpc) is 2.85. The third-order valence-electron chi connectivity index (χ3n) is 2.11. The Hall–Kier alpha value is -1.47. The van der Waals surface area contributed by atoms with Gasteiger partial charge in [-0.15, -0.1) is 10.2 Å². The van der Waals surface area contributed by atoms with Gasteiger partial charge in [-0.2, -0.15) is 0 Å². The van der Waals surface area contributed by atoms with Gasteiger partial charge < -0.3 is 4.52 Å². The van der Waals surface area contributed by atoms with Crippen LogP contribution >= 0.6 is 22.9 Å². The molecular formula is C10H11ClN4O2S. The van der Waals surface area contributed by atoms with Gasteiger partial charge in [0.2, 0.25) is 15.4 Å². The normalized spacial score (nSPS) is 11.6. The summed E-state index contributed by atoms with van der Waals surface area (Å²) >= 11 is 6.60. The monoisotopic (exact) mass is 286 g/mol. The van der Waals surface area contributed by atoms with E-state index < -0.39 is 5.91 Å². The molecule has 2 heterocycles. The number of anilines is 1. The Morgan fingerprint density at radius 3 is 2.67 bits per heavy atom. The minimum atomic E-state index is -0.420. The summed E-state index contributed by atoms with van der Waals surface area (Å²) in [4.78, 5) is 11.7. The van der Waals surface area contributed by atoms with Gasteiger partial charge in [0.1, 0.15) is 0 Å². The maximum atomic E-state index is 11.7. The second-order valence-corrected chi connectivity index (χ2v) is 6.20. The van der Waals surface area contributed by atoms with Crippen LogP contribution in [0.25, 0.3) is 0 Å². The molecule has 8 heteroatoms. The van der Waals surface area contributed by atoms with E-state index in [-0.39, 0.29) is 20.8 Å². The highest BCUT2D eigenvalue weighted by atomic mass is 35.5. The summed E-state index contributed by atoms with van der Waals surface area (Å²) in [6.45, 7) is 6.00. The second kappa shape index (κ2) is 4.66. The summed E-state index contributed by atoms with van der Waals surface area (Å²) in [7, 11) is 0. The molecule has 1 amide bonds. The van der Waals surface area contributed by atoms with Gasteiger partial charge in [0, 0.05) is 11.5 Å². The fourth-order valence-electron chi connectivity index (χ4n) is 1.15. The number of halogens is 1. The highest BCUT2D eigenvalue weighted by Crippen LogP contribution is 2.24. The van der Waals surface area contributed by atoms with Gasteiger partial charge in [-0.3, -0.25) is 10.1 Å². The first-order chi connectivity index (χ1) is 8.36. The first-order valence-corrected chi connectivity index (χ1v) is 6.33. The zero-order valence-corrected chi connectivity index (χ0v) is 11.6. The lowest BCUT2D eigenvalue weighted by molar-refractivity contribution is 0.102. The van der Waals surface area contributed by atoms with Crippen molar-refractivity contribution in [3.05, 3.63) is 21.2 Å². The first-order valence-electron chi connectivity index (χ1n) is 5.14. The highest BCUT2D eigenvalue weighted by molar-refractivity contribution is 7.17. The molecule has 18 heavy (non-hydrogen) atoms. The van der Waals surface area contributed by atoms with Crippen LogP contribution in [0.3, 0.4) is 0 Å². The van der Waals surface area contributed by atoms with E-state index in [0.717, 1.165) is 17.0 Å². The third-order valence-corrected chi connectivity index (χ3v) is 3.13. The SMILES string of the molecule is CC(C)(C)c1cc(NC(=O)c2nnc(Cl)s2)on1. The largest absolute Gasteiger partial charge is 0.338 e. The fraction of sp³-hybridized carbons (Fsp3) is 0.400. The number of rotatable bonds is 2. The lowest BCUT2D eigenvalue weighted by Crippen LogP contribution is -2.12. The Bertz CT molecular complexity index is 572. The standard InChI is InChI=1S/C10H11ClN4O2S/c1-10(2,3)5-4-6(17-15-5)12-7(16)8-13-14-9(11)18-8/h4H,1-3H3,(H,12,16). The Balaban J connectivity index is 2.10. The molecule has 2 aromatic rings. The average molecular weight is 287 g/mol. The number of aromatic nitrogens is 3. The van der Waals surface area contributed by atoms with Gasteiger partial charge in [0.15, 0.2) is 0 Å². The zero-order chi connectivity index (χ0) is 13.3. The smallest absolute Gasteiger partial charge is 0.289 e. The van der Waals surface area contributed by atoms with Gasteiger partial charge >= 0.3 is 0 Å². The molecule has 0 atom stereocenters. The predicted molar refractivity (Wildman–Crippen MR) is 68.1 cm³/mol. The van der Waals surface area contributed by atoms with Crippen molar-refractivity contribution in [2.24, 2.45) is 0 Å². The molecule has 96 valence electrons. The molecule has 6 nitrogen and oxygen atoms in total. The highest BCUT2D eigenvalue weighted by Gasteiger charge is 2.20. The van der Waals surface area contributed by atoms with E-state index in [4.69, 9.17) is 16.1 Å². The van der Waals surface area contributed by atoms with Crippen LogP contribution in [0.1, 0.15) is 36.3 Å². The van der Waals surface area contributed by atoms with E-state index in [0.29, 0.717) is 0 Å². The van der Waals surface area contributed by atoms with E-state index >= 15 is 0 Å². The van der Waals surface area contributed by atoms with Gasteiger partial charge in [0.25, 0.3) is 5.91 Å². The van der Waals surface area contributed by atoms with Gasteiger partial charge in [0.05, 0.1) is 5.69 Å². The maximum Gasteiger partial charge on any atom is 0.289 e. The topological polar surface area (TPSA) is 80.9 Å². The van der Waals surface area contributed by atoms with Crippen LogP contribution < -0.4 is 5.32 Å². The molecule has 0 spiro atoms. The summed E-state index contributed by atoms with van der Waals surface area (Å²) < 4.78 is 5.25. The number of carbonyl (C=O) groups excluding carboxylic acids is 1. The molecule has 2 aromatic heterocycles. The van der Waals surface area contributed by atoms with Crippen molar-refractivity contribution < 1.29 is 9.32 Å². The van der Waals surface area contributed by atoms with Crippen molar-refractivity contribution in [3.63, 3.8) is 0 Å². The third kappa shape index (κ3) is 2.85. The van der Waals surface area contributed by atoms with Crippen molar-refractivity contribution in [1.29, 1.82) is 0 Å². The number of carbonyl (C=O) groups is 1. The first kappa shape index (κ1) is 13.0. The Morgan fingerprint density at radius 1 is 1.44 bits per heavy atom. The summed E-state index contributed by atoms with van der Waals surface area (Å²) in [5.74, 6) is -0.146. The fourth-order valence-corrected chi connectivity index (χ4v) is 1.87. The van der Waals surface area contributed by atoms with Gasteiger partial charge in [-0.1, -0.05) is 37.3 Å². The number of hydrogen-bond acceptors (Lipinski definition) is 6. The Morgan fingerprint density at radius 2 is 2.17 bits per heavy atom. The van der Waals surface area contributed by atoms with Crippen molar-refractivity contribution in [2.75, 3.05) is 5.32 Å². The molecule has 0 unspecified atom stereocenters. The van der Waals surface area contributed by atoms with Crippen molar-refractivity contribution in [3.8, 4) is 0 Å². The van der Waals surface area contributed by atoms with Gasteiger partial charge in [-0.25, -0.2) is 0 Å². The zero-order valence-electron chi connectivity index (χ0n) is 10.0. The molecule has 0 aromatic carbocycles. The Labute approximate surface area is 112 Å². The summed E-state index contributed by atoms with van der Waals surface area (Å²) in [6.07, 6.45) is 0. The minimum Gasteiger partial charge on any atom is -0.338 e. The molecule has 0 radical (unpaired) electrons. The molecule has 0 saturated heterocycles. The van der Waals surface area contributed by atoms with Crippen LogP contribution in [0.2, 0.25) is 4.47 Å². The number of nitrogens with zero attached hydrogens (tertiary/aromatic N) is 3. The van der Waals surface area contributed by atoms with Crippen molar-refractivity contribution in [1.82, 2.24) is 15.4 Å². The van der Waals surface area contributed by atoms with E-state index in [1.54, 1.807) is 6.07 Å². The van der Waals surface area contributed by atoms with Gasteiger partial charge in [-0.05, 0) is 11.6 Å². The van der Waals surface area contributed by atoms with Crippen molar-refractivity contribution >= 4 is 34.7 Å². The van der Waals surface area contributed by atoms with Crippen LogP contribution in [0.4, 0.5) is 5.88 Å². The number of nitrogens with one attached hydrogen (secondary N) is 1. The molecule has 0 aliphatic carbocycles. The van der Waals surface area contributed by atoms with E-state index in [2.05, 4.69) is 20.7 Å². The number of hydrogen-bond donors (Lipinski definition) is 1. The molecule has 0 aliphatic heterocycles. The predicted octanol–water partition coefficient (Wildman–Crippen LogP) is 2.73. The summed E-state index contributed by atoms with van der Waals surface area (Å²) in [5.41, 5.74) is 0.617. The van der Waals surface area contributed by atoms with E-state index in [1.807, 2.05) is 20.8 Å². The van der Waals surface area contributed by atoms with Crippen LogP contribution in [-0.2, 0) is 5.41 Å². The molecule has 2 rings (SSSR count). The Kier molecular flexibility index (Phi) is 3.36. The molecular weight excluding hydrogens is 276 g/mol. The van der Waals surface area contributed by atoms with Crippen LogP contribution in [0.5, 0.6) is 0 Å². The van der Waals surface area contributed by atoms with Crippen LogP contribution in [0.15, 0.2) is 10.6 Å². The molecule has 0 saturated carbocycles. The van der Waals surface area contributed by atoms with E-state index in [9.17, 15) is 4.79 Å². The molecule has 0 aliphatic rings. The quantitative estimate of drug-likeness (QED) is 0.918. The van der Waals surface area contributed by atoms with Crippen LogP contribution in [0, 0.1) is 0 Å². The van der Waals surface area contributed by atoms with E-state index in [1.165, 1.54) is 0 Å². The molecule has 1 N–H and O–H groups in total. The lowest BCUT2D eigenvalue weighted by Gasteiger charge is -2.12. The lowest BCUT2D eigenvalue weighted by atomic mass is 9.92. The summed E-state index contributed by atoms with van der Waals surface area (Å²) in [5, 5.41) is 13.8. The van der Waals surface area contributed by atoms with Crippen molar-refractivity contribution in [2.45, 2.75) is 26.2 Å². The van der Waals surface area contributed by atoms with Crippen LogP contribution in [-0.4, -0.2) is 21.3 Å². The number of amides is 1. The second-order valence-electron chi connectivity index (χ2n) is 4.64.